The smallest absolute Gasteiger partial charge is 0.471 e. The second-order valence-electron chi connectivity index (χ2n) is 7.73. The first kappa shape index (κ1) is 24.3. The van der Waals surface area contributed by atoms with Gasteiger partial charge in [0.05, 0.1) is 6.10 Å². The number of benzene rings is 2. The quantitative estimate of drug-likeness (QED) is 0.514. The van der Waals surface area contributed by atoms with E-state index in [9.17, 15) is 23.1 Å². The van der Waals surface area contributed by atoms with Crippen LogP contribution in [0.2, 0.25) is 0 Å². The first-order valence-electron chi connectivity index (χ1n) is 10.4. The van der Waals surface area contributed by atoms with Gasteiger partial charge in [0.15, 0.2) is 0 Å². The first-order chi connectivity index (χ1) is 15.6. The molecule has 0 fully saturated rings. The number of anilines is 1. The van der Waals surface area contributed by atoms with Gasteiger partial charge in [-0.25, -0.2) is 0 Å². The lowest BCUT2D eigenvalue weighted by Gasteiger charge is -2.21. The highest BCUT2D eigenvalue weighted by Crippen LogP contribution is 2.28. The maximum absolute atomic E-state index is 12.7. The summed E-state index contributed by atoms with van der Waals surface area (Å²) in [6.07, 6.45) is -1.36. The summed E-state index contributed by atoms with van der Waals surface area (Å²) in [5.74, 6) is -1.37. The number of carbonyl (C=O) groups is 1. The number of rotatable bonds is 8. The molecule has 3 aromatic rings. The standard InChI is InChI=1S/C25H25F3N2O3/c1-17(23(31)13-8-18-5-4-14-29-16-18)33-22-11-9-19(10-12-22)20-6-3-7-21(15-20)30(2)24(32)25(26,27)28/h3-7,9-12,14-17,23,31H,8,13H2,1-2H3/t17-,23+/m0/s1. The molecular formula is C25H25F3N2O3. The predicted octanol–water partition coefficient (Wildman–Crippen LogP) is 5.03. The number of carbonyl (C=O) groups excluding carboxylic acids is 1. The molecule has 3 rings (SSSR count). The monoisotopic (exact) mass is 458 g/mol. The van der Waals surface area contributed by atoms with Gasteiger partial charge in [0.2, 0.25) is 0 Å². The number of alkyl halides is 3. The Kier molecular flexibility index (Phi) is 7.71. The van der Waals surface area contributed by atoms with Crippen LogP contribution in [0.3, 0.4) is 0 Å². The Morgan fingerprint density at radius 2 is 1.82 bits per heavy atom. The number of aliphatic hydroxyl groups excluding tert-OH is 1. The van der Waals surface area contributed by atoms with Crippen LogP contribution in [0.4, 0.5) is 18.9 Å². The highest BCUT2D eigenvalue weighted by Gasteiger charge is 2.41. The molecular weight excluding hydrogens is 433 g/mol. The molecule has 0 bridgehead atoms. The fraction of sp³-hybridized carbons (Fsp3) is 0.280. The molecule has 0 aliphatic rings. The summed E-state index contributed by atoms with van der Waals surface area (Å²) in [5, 5.41) is 10.4. The highest BCUT2D eigenvalue weighted by molar-refractivity contribution is 5.97. The third kappa shape index (κ3) is 6.55. The Morgan fingerprint density at radius 1 is 1.09 bits per heavy atom. The zero-order chi connectivity index (χ0) is 24.0. The number of halogens is 3. The van der Waals surface area contributed by atoms with Crippen LogP contribution in [0.15, 0.2) is 73.1 Å². The van der Waals surface area contributed by atoms with Gasteiger partial charge in [0.1, 0.15) is 11.9 Å². The van der Waals surface area contributed by atoms with Gasteiger partial charge in [0.25, 0.3) is 0 Å². The molecule has 8 heteroatoms. The van der Waals surface area contributed by atoms with E-state index >= 15 is 0 Å². The van der Waals surface area contributed by atoms with Crippen molar-refractivity contribution >= 4 is 11.6 Å². The Hall–Kier alpha value is -3.39. The summed E-state index contributed by atoms with van der Waals surface area (Å²) in [5.41, 5.74) is 2.59. The van der Waals surface area contributed by atoms with Crippen LogP contribution in [0.1, 0.15) is 18.9 Å². The topological polar surface area (TPSA) is 62.7 Å². The Labute approximate surface area is 190 Å². The van der Waals surface area contributed by atoms with E-state index in [1.807, 2.05) is 12.1 Å². The molecule has 0 unspecified atom stereocenters. The SMILES string of the molecule is C[C@H](Oc1ccc(-c2cccc(N(C)C(=O)C(F)(F)F)c2)cc1)[C@H](O)CCc1cccnc1. The molecule has 0 saturated heterocycles. The molecule has 5 nitrogen and oxygen atoms in total. The van der Waals surface area contributed by atoms with Gasteiger partial charge in [-0.2, -0.15) is 13.2 Å². The van der Waals surface area contributed by atoms with Crippen molar-refractivity contribution in [3.05, 3.63) is 78.6 Å². The highest BCUT2D eigenvalue weighted by atomic mass is 19.4. The van der Waals surface area contributed by atoms with Crippen LogP contribution >= 0.6 is 0 Å². The summed E-state index contributed by atoms with van der Waals surface area (Å²) in [7, 11) is 1.09. The third-order valence-electron chi connectivity index (χ3n) is 5.28. The molecule has 1 aromatic heterocycles. The Morgan fingerprint density at radius 3 is 2.45 bits per heavy atom. The van der Waals surface area contributed by atoms with Crippen LogP contribution in [0, 0.1) is 0 Å². The second-order valence-corrected chi connectivity index (χ2v) is 7.73. The number of aryl methyl sites for hydroxylation is 1. The molecule has 1 amide bonds. The van der Waals surface area contributed by atoms with Gasteiger partial charge in [-0.05, 0) is 66.8 Å². The molecule has 2 atom stereocenters. The fourth-order valence-corrected chi connectivity index (χ4v) is 3.32. The number of nitrogens with zero attached hydrogens (tertiary/aromatic N) is 2. The van der Waals surface area contributed by atoms with Crippen LogP contribution < -0.4 is 9.64 Å². The zero-order valence-electron chi connectivity index (χ0n) is 18.3. The van der Waals surface area contributed by atoms with Crippen LogP contribution in [0.25, 0.3) is 11.1 Å². The lowest BCUT2D eigenvalue weighted by atomic mass is 10.0. The molecule has 0 aliphatic heterocycles. The van der Waals surface area contributed by atoms with Gasteiger partial charge in [-0.3, -0.25) is 9.78 Å². The second kappa shape index (κ2) is 10.5. The van der Waals surface area contributed by atoms with Gasteiger partial charge < -0.3 is 14.7 Å². The average molecular weight is 458 g/mol. The number of hydrogen-bond acceptors (Lipinski definition) is 4. The number of pyridine rings is 1. The number of ether oxygens (including phenoxy) is 1. The molecule has 1 N–H and O–H groups in total. The third-order valence-corrected chi connectivity index (χ3v) is 5.28. The maximum atomic E-state index is 12.7. The minimum Gasteiger partial charge on any atom is -0.488 e. The predicted molar refractivity (Wildman–Crippen MR) is 120 cm³/mol. The normalized spacial score (nSPS) is 13.3. The molecule has 2 aromatic carbocycles. The summed E-state index contributed by atoms with van der Waals surface area (Å²) in [6.45, 7) is 1.79. The molecule has 1 heterocycles. The summed E-state index contributed by atoms with van der Waals surface area (Å²) in [4.78, 5) is 16.1. The van der Waals surface area contributed by atoms with Crippen LogP contribution in [-0.4, -0.2) is 41.4 Å². The Balaban J connectivity index is 1.62. The molecule has 0 aliphatic carbocycles. The molecule has 33 heavy (non-hydrogen) atoms. The van der Waals surface area contributed by atoms with Crippen molar-refractivity contribution in [2.75, 3.05) is 11.9 Å². The Bertz CT molecular complexity index is 1060. The van der Waals surface area contributed by atoms with E-state index in [2.05, 4.69) is 4.98 Å². The van der Waals surface area contributed by atoms with E-state index in [0.717, 1.165) is 18.2 Å². The lowest BCUT2D eigenvalue weighted by Crippen LogP contribution is -2.38. The van der Waals surface area contributed by atoms with Crippen molar-refractivity contribution < 1.29 is 27.8 Å². The molecule has 0 spiro atoms. The molecule has 0 saturated carbocycles. The first-order valence-corrected chi connectivity index (χ1v) is 10.4. The van der Waals surface area contributed by atoms with Crippen molar-refractivity contribution in [1.29, 1.82) is 0 Å². The van der Waals surface area contributed by atoms with E-state index in [-0.39, 0.29) is 5.69 Å². The number of aliphatic hydroxyl groups is 1. The van der Waals surface area contributed by atoms with E-state index < -0.39 is 24.3 Å². The van der Waals surface area contributed by atoms with Crippen LogP contribution in [0.5, 0.6) is 5.75 Å². The summed E-state index contributed by atoms with van der Waals surface area (Å²) in [6, 6.07) is 17.1. The van der Waals surface area contributed by atoms with Gasteiger partial charge in [0, 0.05) is 25.1 Å². The van der Waals surface area contributed by atoms with Crippen LogP contribution in [-0.2, 0) is 11.2 Å². The van der Waals surface area contributed by atoms with E-state index in [4.69, 9.17) is 4.74 Å². The number of hydrogen-bond donors (Lipinski definition) is 1. The number of amides is 1. The minimum atomic E-state index is -4.94. The van der Waals surface area contributed by atoms with Gasteiger partial charge in [-0.15, -0.1) is 0 Å². The largest absolute Gasteiger partial charge is 0.488 e. The minimum absolute atomic E-state index is 0.139. The van der Waals surface area contributed by atoms with Crippen molar-refractivity contribution in [2.24, 2.45) is 0 Å². The molecule has 174 valence electrons. The van der Waals surface area contributed by atoms with Crippen molar-refractivity contribution in [3.63, 3.8) is 0 Å². The van der Waals surface area contributed by atoms with Crippen molar-refractivity contribution in [3.8, 4) is 16.9 Å². The average Bonchev–Trinajstić information content (AvgIpc) is 2.82. The van der Waals surface area contributed by atoms with E-state index in [0.29, 0.717) is 29.1 Å². The van der Waals surface area contributed by atoms with Crippen molar-refractivity contribution in [2.45, 2.75) is 38.1 Å². The van der Waals surface area contributed by atoms with Gasteiger partial charge >= 0.3 is 12.1 Å². The number of aromatic nitrogens is 1. The van der Waals surface area contributed by atoms with E-state index in [1.165, 1.54) is 12.1 Å². The maximum Gasteiger partial charge on any atom is 0.471 e. The summed E-state index contributed by atoms with van der Waals surface area (Å²) < 4.78 is 44.0. The fourth-order valence-electron chi connectivity index (χ4n) is 3.32. The van der Waals surface area contributed by atoms with Gasteiger partial charge in [-0.1, -0.05) is 30.3 Å². The zero-order valence-corrected chi connectivity index (χ0v) is 18.3. The summed E-state index contributed by atoms with van der Waals surface area (Å²) >= 11 is 0. The lowest BCUT2D eigenvalue weighted by molar-refractivity contribution is -0.170. The van der Waals surface area contributed by atoms with Crippen molar-refractivity contribution in [1.82, 2.24) is 4.98 Å². The van der Waals surface area contributed by atoms with E-state index in [1.54, 1.807) is 55.7 Å². The molecule has 0 radical (unpaired) electrons.